The Balaban J connectivity index is 1.54. The molecule has 6 heteroatoms. The molecule has 1 heterocycles. The maximum absolute atomic E-state index is 11.4. The van der Waals surface area contributed by atoms with Gasteiger partial charge in [0.1, 0.15) is 5.75 Å². The smallest absolute Gasteiger partial charge is 0.346 e. The van der Waals surface area contributed by atoms with E-state index >= 15 is 0 Å². The van der Waals surface area contributed by atoms with Crippen LogP contribution in [0, 0.1) is 0 Å². The number of benzene rings is 2. The second-order valence-corrected chi connectivity index (χ2v) is 5.53. The largest absolute Gasteiger partial charge is 0.478 e. The Kier molecular flexibility index (Phi) is 5.43. The highest BCUT2D eigenvalue weighted by Crippen LogP contribution is 2.16. The molecule has 0 radical (unpaired) electrons. The van der Waals surface area contributed by atoms with Gasteiger partial charge in [0.25, 0.3) is 0 Å². The monoisotopic (exact) mass is 337 g/mol. The number of carboxylic acid groups (broad SMARTS) is 1. The number of aliphatic carboxylic acids is 1. The summed E-state index contributed by atoms with van der Waals surface area (Å²) in [5.74, 6) is -0.476. The van der Waals surface area contributed by atoms with Crippen LogP contribution >= 0.6 is 0 Å². The predicted octanol–water partition coefficient (Wildman–Crippen LogP) is 2.70. The number of carboxylic acids is 1. The maximum atomic E-state index is 11.4. The minimum atomic E-state index is -1.01. The van der Waals surface area contributed by atoms with Gasteiger partial charge in [0.05, 0.1) is 5.69 Å². The van der Waals surface area contributed by atoms with Crippen molar-refractivity contribution in [3.05, 3.63) is 72.4 Å². The summed E-state index contributed by atoms with van der Waals surface area (Å²) in [6.07, 6.45) is -0.959. The molecule has 128 valence electrons. The highest BCUT2D eigenvalue weighted by Gasteiger charge is 2.19. The molecule has 1 aromatic heterocycles. The van der Waals surface area contributed by atoms with Gasteiger partial charge in [0.2, 0.25) is 6.10 Å². The predicted molar refractivity (Wildman–Crippen MR) is 94.2 cm³/mol. The summed E-state index contributed by atoms with van der Waals surface area (Å²) in [6, 6.07) is 20.7. The van der Waals surface area contributed by atoms with E-state index in [1.165, 1.54) is 0 Å². The number of ether oxygens (including phenoxy) is 1. The molecule has 0 bridgehead atoms. The number of nitrogens with zero attached hydrogens (tertiary/aromatic N) is 1. The lowest BCUT2D eigenvalue weighted by atomic mass is 10.1. The van der Waals surface area contributed by atoms with Crippen molar-refractivity contribution in [3.63, 3.8) is 0 Å². The Bertz CT molecular complexity index is 803. The minimum absolute atomic E-state index is 0.184. The number of aromatic amines is 1. The van der Waals surface area contributed by atoms with Crippen molar-refractivity contribution < 1.29 is 14.6 Å². The first kappa shape index (κ1) is 16.7. The second-order valence-electron chi connectivity index (χ2n) is 5.53. The van der Waals surface area contributed by atoms with Crippen molar-refractivity contribution in [3.8, 4) is 17.0 Å². The molecule has 0 amide bonds. The highest BCUT2D eigenvalue weighted by molar-refractivity contribution is 5.73. The lowest BCUT2D eigenvalue weighted by molar-refractivity contribution is -0.144. The SMILES string of the molecule is O=C(O)C(CNCc1cc(-c2ccccc2)n[nH]1)Oc1ccccc1. The van der Waals surface area contributed by atoms with Crippen molar-refractivity contribution in [1.29, 1.82) is 0 Å². The molecule has 0 saturated heterocycles. The molecule has 0 aliphatic carbocycles. The van der Waals surface area contributed by atoms with Gasteiger partial charge in [0, 0.05) is 24.3 Å². The fourth-order valence-corrected chi connectivity index (χ4v) is 2.39. The topological polar surface area (TPSA) is 87.2 Å². The lowest BCUT2D eigenvalue weighted by Gasteiger charge is -2.15. The first-order valence-corrected chi connectivity index (χ1v) is 7.97. The normalized spacial score (nSPS) is 11.8. The summed E-state index contributed by atoms with van der Waals surface area (Å²) in [6.45, 7) is 0.658. The molecule has 25 heavy (non-hydrogen) atoms. The van der Waals surface area contributed by atoms with Gasteiger partial charge in [-0.05, 0) is 18.2 Å². The van der Waals surface area contributed by atoms with Crippen molar-refractivity contribution in [2.45, 2.75) is 12.6 Å². The summed E-state index contributed by atoms with van der Waals surface area (Å²) in [5, 5.41) is 19.6. The Morgan fingerprint density at radius 3 is 2.48 bits per heavy atom. The van der Waals surface area contributed by atoms with Gasteiger partial charge >= 0.3 is 5.97 Å². The lowest BCUT2D eigenvalue weighted by Crippen LogP contribution is -2.37. The van der Waals surface area contributed by atoms with Gasteiger partial charge in [-0.3, -0.25) is 5.10 Å². The molecule has 2 aromatic carbocycles. The molecule has 6 nitrogen and oxygen atoms in total. The second kappa shape index (κ2) is 8.12. The summed E-state index contributed by atoms with van der Waals surface area (Å²) in [7, 11) is 0. The third-order valence-electron chi connectivity index (χ3n) is 3.64. The molecular formula is C19H19N3O3. The van der Waals surface area contributed by atoms with E-state index in [9.17, 15) is 9.90 Å². The average molecular weight is 337 g/mol. The summed E-state index contributed by atoms with van der Waals surface area (Å²) < 4.78 is 5.50. The summed E-state index contributed by atoms with van der Waals surface area (Å²) in [4.78, 5) is 11.4. The number of H-pyrrole nitrogens is 1. The van der Waals surface area contributed by atoms with E-state index in [1.54, 1.807) is 24.3 Å². The third kappa shape index (κ3) is 4.68. The Labute approximate surface area is 145 Å². The van der Waals surface area contributed by atoms with Crippen LogP contribution in [0.25, 0.3) is 11.3 Å². The van der Waals surface area contributed by atoms with E-state index in [0.29, 0.717) is 12.3 Å². The molecule has 3 aromatic rings. The summed E-state index contributed by atoms with van der Waals surface area (Å²) in [5.41, 5.74) is 2.76. The van der Waals surface area contributed by atoms with Crippen LogP contribution in [0.15, 0.2) is 66.7 Å². The van der Waals surface area contributed by atoms with E-state index in [-0.39, 0.29) is 6.54 Å². The first-order chi connectivity index (χ1) is 12.2. The van der Waals surface area contributed by atoms with Crippen molar-refractivity contribution in [2.24, 2.45) is 0 Å². The number of carbonyl (C=O) groups is 1. The molecule has 1 unspecified atom stereocenters. The highest BCUT2D eigenvalue weighted by atomic mass is 16.5. The zero-order valence-corrected chi connectivity index (χ0v) is 13.6. The number of aromatic nitrogens is 2. The average Bonchev–Trinajstić information content (AvgIpc) is 3.11. The van der Waals surface area contributed by atoms with Crippen molar-refractivity contribution >= 4 is 5.97 Å². The number of nitrogens with one attached hydrogen (secondary N) is 2. The molecular weight excluding hydrogens is 318 g/mol. The molecule has 3 rings (SSSR count). The molecule has 0 fully saturated rings. The van der Waals surface area contributed by atoms with Gasteiger partial charge in [-0.15, -0.1) is 0 Å². The molecule has 3 N–H and O–H groups in total. The van der Waals surface area contributed by atoms with Crippen LogP contribution in [-0.4, -0.2) is 33.9 Å². The number of para-hydroxylation sites is 1. The quantitative estimate of drug-likeness (QED) is 0.588. The van der Waals surface area contributed by atoms with Crippen LogP contribution in [0.4, 0.5) is 0 Å². The van der Waals surface area contributed by atoms with Gasteiger partial charge in [0.15, 0.2) is 0 Å². The molecule has 0 aliphatic rings. The van der Waals surface area contributed by atoms with Crippen LogP contribution in [0.2, 0.25) is 0 Å². The first-order valence-electron chi connectivity index (χ1n) is 7.97. The zero-order valence-electron chi connectivity index (χ0n) is 13.6. The standard InChI is InChI=1S/C19H19N3O3/c23-19(24)18(25-16-9-5-2-6-10-16)13-20-12-15-11-17(22-21-15)14-7-3-1-4-8-14/h1-11,18,20H,12-13H2,(H,21,22)(H,23,24). The van der Waals surface area contributed by atoms with Crippen LogP contribution < -0.4 is 10.1 Å². The minimum Gasteiger partial charge on any atom is -0.478 e. The summed E-state index contributed by atoms with van der Waals surface area (Å²) >= 11 is 0. The van der Waals surface area contributed by atoms with E-state index in [2.05, 4.69) is 15.5 Å². The van der Waals surface area contributed by atoms with Gasteiger partial charge < -0.3 is 15.2 Å². The van der Waals surface area contributed by atoms with Crippen molar-refractivity contribution in [1.82, 2.24) is 15.5 Å². The Morgan fingerprint density at radius 1 is 1.12 bits per heavy atom. The fourth-order valence-electron chi connectivity index (χ4n) is 2.39. The third-order valence-corrected chi connectivity index (χ3v) is 3.64. The maximum Gasteiger partial charge on any atom is 0.346 e. The molecule has 0 aliphatic heterocycles. The van der Waals surface area contributed by atoms with E-state index < -0.39 is 12.1 Å². The Hall–Kier alpha value is -3.12. The van der Waals surface area contributed by atoms with E-state index in [0.717, 1.165) is 17.0 Å². The van der Waals surface area contributed by atoms with Crippen LogP contribution in [0.5, 0.6) is 5.75 Å². The zero-order chi connectivity index (χ0) is 17.5. The van der Waals surface area contributed by atoms with Crippen LogP contribution in [0.1, 0.15) is 5.69 Å². The van der Waals surface area contributed by atoms with Crippen LogP contribution in [0.3, 0.4) is 0 Å². The van der Waals surface area contributed by atoms with Crippen molar-refractivity contribution in [2.75, 3.05) is 6.54 Å². The molecule has 0 spiro atoms. The Morgan fingerprint density at radius 2 is 1.80 bits per heavy atom. The fraction of sp³-hybridized carbons (Fsp3) is 0.158. The van der Waals surface area contributed by atoms with E-state index in [4.69, 9.17) is 4.74 Å². The molecule has 0 saturated carbocycles. The number of hydrogen-bond acceptors (Lipinski definition) is 4. The van der Waals surface area contributed by atoms with Gasteiger partial charge in [-0.25, -0.2) is 4.79 Å². The number of rotatable bonds is 8. The molecule has 1 atom stereocenters. The number of hydrogen-bond donors (Lipinski definition) is 3. The van der Waals surface area contributed by atoms with E-state index in [1.807, 2.05) is 42.5 Å². The van der Waals surface area contributed by atoms with Crippen LogP contribution in [-0.2, 0) is 11.3 Å². The van der Waals surface area contributed by atoms with Gasteiger partial charge in [-0.2, -0.15) is 5.10 Å². The van der Waals surface area contributed by atoms with Gasteiger partial charge in [-0.1, -0.05) is 48.5 Å².